The highest BCUT2D eigenvalue weighted by atomic mass is 32.2. The SMILES string of the molecule is C=CC(=O)OCCCCOC(=O)C1CCC(C2CCC(C(=O)Oc3ccc(OC(=O)C4CCC(C5CCC(C(=O)OCCCCOC(=O)CC)CC5)CC4)c4c3SC(=C(C#N)C#N)S4)CC2)CC1. The first-order valence-corrected chi connectivity index (χ1v) is 26.4. The lowest BCUT2D eigenvalue weighted by Gasteiger charge is -2.36. The van der Waals surface area contributed by atoms with Gasteiger partial charge in [0.15, 0.2) is 0 Å². The zero-order valence-corrected chi connectivity index (χ0v) is 41.0. The summed E-state index contributed by atoms with van der Waals surface area (Å²) < 4.78 is 33.7. The second kappa shape index (κ2) is 26.8. The number of nitriles is 2. The summed E-state index contributed by atoms with van der Waals surface area (Å²) in [5.41, 5.74) is -0.0664. The lowest BCUT2D eigenvalue weighted by molar-refractivity contribution is -0.151. The molecule has 0 amide bonds. The predicted molar refractivity (Wildman–Crippen MR) is 252 cm³/mol. The number of hydrogen-bond acceptors (Lipinski definition) is 16. The molecule has 1 aromatic carbocycles. The van der Waals surface area contributed by atoms with Crippen molar-refractivity contribution in [1.82, 2.24) is 0 Å². The van der Waals surface area contributed by atoms with Crippen LogP contribution in [0.5, 0.6) is 11.5 Å². The quantitative estimate of drug-likeness (QED) is 0.0297. The van der Waals surface area contributed by atoms with Gasteiger partial charge in [-0.15, -0.1) is 0 Å². The van der Waals surface area contributed by atoms with Crippen molar-refractivity contribution in [3.05, 3.63) is 34.6 Å². The number of unbranched alkanes of at least 4 members (excludes halogenated alkanes) is 2. The zero-order valence-electron chi connectivity index (χ0n) is 39.3. The molecule has 1 aliphatic heterocycles. The molecule has 0 saturated heterocycles. The van der Waals surface area contributed by atoms with E-state index in [2.05, 4.69) is 6.58 Å². The molecule has 4 aliphatic carbocycles. The monoisotopic (exact) mass is 974 g/mol. The average Bonchev–Trinajstić information content (AvgIpc) is 3.83. The van der Waals surface area contributed by atoms with E-state index in [1.807, 2.05) is 12.1 Å². The van der Waals surface area contributed by atoms with Crippen molar-refractivity contribution in [2.75, 3.05) is 26.4 Å². The Balaban J connectivity index is 0.932. The number of allylic oxidation sites excluding steroid dienone is 1. The summed E-state index contributed by atoms with van der Waals surface area (Å²) in [6, 6.07) is 7.19. The lowest BCUT2D eigenvalue weighted by Crippen LogP contribution is -2.31. The molecule has 0 N–H and O–H groups in total. The predicted octanol–water partition coefficient (Wildman–Crippen LogP) is 10.5. The highest BCUT2D eigenvalue weighted by Gasteiger charge is 2.39. The van der Waals surface area contributed by atoms with Crippen LogP contribution in [0.25, 0.3) is 0 Å². The van der Waals surface area contributed by atoms with Gasteiger partial charge in [-0.3, -0.25) is 24.0 Å². The third-order valence-corrected chi connectivity index (χ3v) is 17.2. The van der Waals surface area contributed by atoms with Gasteiger partial charge in [0.1, 0.15) is 29.2 Å². The second-order valence-electron chi connectivity index (χ2n) is 18.8. The van der Waals surface area contributed by atoms with Crippen LogP contribution in [0.15, 0.2) is 44.4 Å². The lowest BCUT2D eigenvalue weighted by atomic mass is 9.69. The number of nitrogens with zero attached hydrogens (tertiary/aromatic N) is 2. The third-order valence-electron chi connectivity index (χ3n) is 14.6. The van der Waals surface area contributed by atoms with E-state index >= 15 is 0 Å². The van der Waals surface area contributed by atoms with E-state index in [1.54, 1.807) is 19.1 Å². The summed E-state index contributed by atoms with van der Waals surface area (Å²) in [6.07, 6.45) is 17.4. The normalized spacial score (nSPS) is 25.5. The Bertz CT molecular complexity index is 2060. The van der Waals surface area contributed by atoms with E-state index in [0.717, 1.165) is 83.1 Å². The van der Waals surface area contributed by atoms with Crippen LogP contribution in [0.4, 0.5) is 0 Å². The molecule has 4 saturated carbocycles. The minimum Gasteiger partial charge on any atom is -0.466 e. The molecule has 1 heterocycles. The van der Waals surface area contributed by atoms with Gasteiger partial charge in [-0.25, -0.2) is 4.79 Å². The maximum Gasteiger partial charge on any atom is 0.330 e. The Morgan fingerprint density at radius 3 is 1.22 bits per heavy atom. The number of carbonyl (C=O) groups excluding carboxylic acids is 6. The van der Waals surface area contributed by atoms with Gasteiger partial charge >= 0.3 is 35.8 Å². The number of fused-ring (bicyclic) bond motifs is 1. The summed E-state index contributed by atoms with van der Waals surface area (Å²) in [5.74, 6) is 0.208. The molecule has 0 atom stereocenters. The Hall–Kier alpha value is -4.80. The van der Waals surface area contributed by atoms with E-state index in [-0.39, 0.29) is 65.7 Å². The summed E-state index contributed by atoms with van der Waals surface area (Å²) in [7, 11) is 0. The van der Waals surface area contributed by atoms with Gasteiger partial charge in [-0.05, 0) is 164 Å². The first kappa shape index (κ1) is 52.6. The van der Waals surface area contributed by atoms with Crippen molar-refractivity contribution in [3.8, 4) is 23.6 Å². The summed E-state index contributed by atoms with van der Waals surface area (Å²) in [6.45, 7) is 6.37. The topological polar surface area (TPSA) is 205 Å². The molecular weight excluding hydrogens is 909 g/mol. The molecule has 0 aromatic heterocycles. The smallest absolute Gasteiger partial charge is 0.330 e. The van der Waals surface area contributed by atoms with Crippen molar-refractivity contribution in [2.45, 2.75) is 152 Å². The Morgan fingerprint density at radius 1 is 0.544 bits per heavy atom. The van der Waals surface area contributed by atoms with Crippen LogP contribution in [-0.4, -0.2) is 62.2 Å². The van der Waals surface area contributed by atoms with Crippen LogP contribution in [0, 0.1) is 70.0 Å². The maximum absolute atomic E-state index is 13.7. The summed E-state index contributed by atoms with van der Waals surface area (Å²) >= 11 is 2.35. The van der Waals surface area contributed by atoms with E-state index in [9.17, 15) is 39.3 Å². The van der Waals surface area contributed by atoms with Crippen molar-refractivity contribution in [2.24, 2.45) is 47.3 Å². The van der Waals surface area contributed by atoms with Gasteiger partial charge < -0.3 is 28.4 Å². The van der Waals surface area contributed by atoms with Crippen molar-refractivity contribution in [3.63, 3.8) is 0 Å². The average molecular weight is 975 g/mol. The third kappa shape index (κ3) is 14.9. The van der Waals surface area contributed by atoms with Gasteiger partial charge in [-0.2, -0.15) is 10.5 Å². The maximum atomic E-state index is 13.7. The fourth-order valence-corrected chi connectivity index (χ4v) is 13.0. The van der Waals surface area contributed by atoms with Crippen LogP contribution in [0.1, 0.15) is 142 Å². The van der Waals surface area contributed by atoms with Gasteiger partial charge in [0.25, 0.3) is 0 Å². The molecule has 0 radical (unpaired) electrons. The number of benzene rings is 1. The minimum atomic E-state index is -0.461. The summed E-state index contributed by atoms with van der Waals surface area (Å²) in [4.78, 5) is 76.3. The van der Waals surface area contributed by atoms with Gasteiger partial charge in [-0.1, -0.05) is 37.0 Å². The van der Waals surface area contributed by atoms with Gasteiger partial charge in [0.2, 0.25) is 0 Å². The molecule has 6 rings (SSSR count). The molecule has 5 aliphatic rings. The Kier molecular flexibility index (Phi) is 20.7. The highest BCUT2D eigenvalue weighted by Crippen LogP contribution is 2.59. The number of esters is 6. The summed E-state index contributed by atoms with van der Waals surface area (Å²) in [5, 5.41) is 19.4. The van der Waals surface area contributed by atoms with Crippen LogP contribution in [0.3, 0.4) is 0 Å². The first-order valence-electron chi connectivity index (χ1n) is 24.8. The standard InChI is InChI=1S/C52H66N2O12S2/c1-3-44(55)61-27-5-7-29-63-48(57)37-17-9-33(10-18-37)35-13-21-39(22-14-35)50(59)65-42-25-26-43(47-46(42)67-52(68-47)41(31-53)32-54)66-51(60)40-23-15-36(16-24-40)34-11-19-38(20-12-34)49(58)64-30-8-6-28-62-45(56)4-2/h3,25-26,33-40H,1,4-24,27-30H2,2H3. The minimum absolute atomic E-state index is 0.0664. The molecule has 368 valence electrons. The molecule has 1 aromatic rings. The van der Waals surface area contributed by atoms with E-state index in [0.29, 0.717) is 127 Å². The van der Waals surface area contributed by atoms with E-state index in [1.165, 1.54) is 23.5 Å². The number of ether oxygens (including phenoxy) is 6. The van der Waals surface area contributed by atoms with Crippen LogP contribution in [0.2, 0.25) is 0 Å². The molecule has 16 heteroatoms. The fraction of sp³-hybridized carbons (Fsp3) is 0.654. The number of thioether (sulfide) groups is 2. The van der Waals surface area contributed by atoms with E-state index in [4.69, 9.17) is 28.4 Å². The van der Waals surface area contributed by atoms with Crippen LogP contribution in [-0.2, 0) is 47.7 Å². The highest BCUT2D eigenvalue weighted by molar-refractivity contribution is 8.24. The van der Waals surface area contributed by atoms with Gasteiger partial charge in [0, 0.05) is 12.5 Å². The van der Waals surface area contributed by atoms with Crippen molar-refractivity contribution < 1.29 is 57.2 Å². The van der Waals surface area contributed by atoms with Crippen molar-refractivity contribution in [1.29, 1.82) is 10.5 Å². The number of carbonyl (C=O) groups is 6. The second-order valence-corrected chi connectivity index (χ2v) is 21.1. The van der Waals surface area contributed by atoms with Crippen LogP contribution >= 0.6 is 23.5 Å². The largest absolute Gasteiger partial charge is 0.466 e. The number of hydrogen-bond donors (Lipinski definition) is 0. The Morgan fingerprint density at radius 2 is 0.882 bits per heavy atom. The first-order chi connectivity index (χ1) is 33.0. The number of rotatable bonds is 20. The molecule has 0 unspecified atom stereocenters. The molecule has 4 fully saturated rings. The van der Waals surface area contributed by atoms with Crippen LogP contribution < -0.4 is 9.47 Å². The fourth-order valence-electron chi connectivity index (χ4n) is 10.5. The molecule has 68 heavy (non-hydrogen) atoms. The molecule has 0 bridgehead atoms. The van der Waals surface area contributed by atoms with Crippen molar-refractivity contribution >= 4 is 59.3 Å². The Labute approximate surface area is 408 Å². The van der Waals surface area contributed by atoms with Gasteiger partial charge in [0.05, 0.1) is 64.1 Å². The molecular formula is C52H66N2O12S2. The molecule has 14 nitrogen and oxygen atoms in total. The molecule has 0 spiro atoms. The van der Waals surface area contributed by atoms with E-state index < -0.39 is 5.97 Å². The zero-order chi connectivity index (χ0) is 48.4.